The van der Waals surface area contributed by atoms with Crippen LogP contribution in [0.5, 0.6) is 0 Å². The van der Waals surface area contributed by atoms with Crippen LogP contribution in [0.2, 0.25) is 0 Å². The van der Waals surface area contributed by atoms with Crippen molar-refractivity contribution in [1.82, 2.24) is 0 Å². The summed E-state index contributed by atoms with van der Waals surface area (Å²) in [5.41, 5.74) is 7.17. The average molecular weight is 262 g/mol. The van der Waals surface area contributed by atoms with Gasteiger partial charge in [0.2, 0.25) is 5.91 Å². The van der Waals surface area contributed by atoms with Crippen molar-refractivity contribution in [3.63, 3.8) is 0 Å². The number of aliphatic hydroxyl groups is 1. The van der Waals surface area contributed by atoms with Gasteiger partial charge in [0.15, 0.2) is 0 Å². The second kappa shape index (κ2) is 6.06. The third-order valence-corrected chi connectivity index (χ3v) is 3.79. The Hall–Kier alpha value is -1.55. The molecule has 0 heterocycles. The first kappa shape index (κ1) is 13.9. The lowest BCUT2D eigenvalue weighted by atomic mass is 10.0. The standard InChI is InChI=1S/C15H22N2O2/c1-11(18)13-8-4-5-9-14(13)17(10-15(16)19)12-6-2-3-7-12/h4-5,8-9,11-12,18H,2-3,6-7,10H2,1H3,(H2,16,19)/t11-/m0/s1. The van der Waals surface area contributed by atoms with E-state index in [1.165, 1.54) is 12.8 Å². The van der Waals surface area contributed by atoms with Gasteiger partial charge in [0.25, 0.3) is 0 Å². The van der Waals surface area contributed by atoms with Crippen LogP contribution < -0.4 is 10.6 Å². The molecule has 104 valence electrons. The Balaban J connectivity index is 2.33. The zero-order valence-corrected chi connectivity index (χ0v) is 11.4. The third kappa shape index (κ3) is 3.26. The number of carbonyl (C=O) groups excluding carboxylic acids is 1. The van der Waals surface area contributed by atoms with E-state index >= 15 is 0 Å². The molecule has 1 aliphatic rings. The molecule has 4 nitrogen and oxygen atoms in total. The van der Waals surface area contributed by atoms with Crippen LogP contribution in [0.3, 0.4) is 0 Å². The quantitative estimate of drug-likeness (QED) is 0.852. The normalized spacial score (nSPS) is 17.4. The van der Waals surface area contributed by atoms with Crippen LogP contribution in [0.25, 0.3) is 0 Å². The van der Waals surface area contributed by atoms with Crippen molar-refractivity contribution < 1.29 is 9.90 Å². The topological polar surface area (TPSA) is 66.6 Å². The van der Waals surface area contributed by atoms with Crippen LogP contribution in [0, 0.1) is 0 Å². The summed E-state index contributed by atoms with van der Waals surface area (Å²) in [7, 11) is 0. The van der Waals surface area contributed by atoms with Crippen molar-refractivity contribution in [1.29, 1.82) is 0 Å². The number of para-hydroxylation sites is 1. The van der Waals surface area contributed by atoms with Crippen molar-refractivity contribution >= 4 is 11.6 Å². The summed E-state index contributed by atoms with van der Waals surface area (Å²) in [6.07, 6.45) is 4.00. The van der Waals surface area contributed by atoms with Crippen LogP contribution in [0.15, 0.2) is 24.3 Å². The van der Waals surface area contributed by atoms with E-state index in [-0.39, 0.29) is 12.5 Å². The van der Waals surface area contributed by atoms with Gasteiger partial charge in [-0.2, -0.15) is 0 Å². The molecular weight excluding hydrogens is 240 g/mol. The van der Waals surface area contributed by atoms with E-state index < -0.39 is 6.10 Å². The predicted molar refractivity (Wildman–Crippen MR) is 75.9 cm³/mol. The number of anilines is 1. The van der Waals surface area contributed by atoms with E-state index in [0.29, 0.717) is 6.04 Å². The molecule has 1 aromatic rings. The van der Waals surface area contributed by atoms with Gasteiger partial charge in [-0.15, -0.1) is 0 Å². The Kier molecular flexibility index (Phi) is 4.43. The molecule has 0 radical (unpaired) electrons. The second-order valence-corrected chi connectivity index (χ2v) is 5.27. The molecule has 1 aromatic carbocycles. The minimum atomic E-state index is -0.548. The minimum Gasteiger partial charge on any atom is -0.389 e. The van der Waals surface area contributed by atoms with E-state index in [1.807, 2.05) is 24.3 Å². The van der Waals surface area contributed by atoms with E-state index in [4.69, 9.17) is 5.73 Å². The molecule has 3 N–H and O–H groups in total. The highest BCUT2D eigenvalue weighted by atomic mass is 16.3. The van der Waals surface area contributed by atoms with Gasteiger partial charge in [-0.25, -0.2) is 0 Å². The molecular formula is C15H22N2O2. The van der Waals surface area contributed by atoms with Crippen LogP contribution >= 0.6 is 0 Å². The first-order chi connectivity index (χ1) is 9.09. The monoisotopic (exact) mass is 262 g/mol. The van der Waals surface area contributed by atoms with Crippen LogP contribution in [0.1, 0.15) is 44.3 Å². The Bertz CT molecular complexity index is 440. The van der Waals surface area contributed by atoms with Crippen molar-refractivity contribution in [2.24, 2.45) is 5.73 Å². The van der Waals surface area contributed by atoms with Crippen molar-refractivity contribution in [2.75, 3.05) is 11.4 Å². The Morgan fingerprint density at radius 1 is 1.42 bits per heavy atom. The number of aliphatic hydroxyl groups excluding tert-OH is 1. The average Bonchev–Trinajstić information content (AvgIpc) is 2.89. The fourth-order valence-electron chi connectivity index (χ4n) is 2.90. The molecule has 0 unspecified atom stereocenters. The SMILES string of the molecule is C[C@H](O)c1ccccc1N(CC(N)=O)C1CCCC1. The molecule has 19 heavy (non-hydrogen) atoms. The highest BCUT2D eigenvalue weighted by molar-refractivity contribution is 5.80. The smallest absolute Gasteiger partial charge is 0.236 e. The number of carbonyl (C=O) groups is 1. The van der Waals surface area contributed by atoms with Gasteiger partial charge in [-0.05, 0) is 25.8 Å². The first-order valence-corrected chi connectivity index (χ1v) is 6.91. The molecule has 2 rings (SSSR count). The van der Waals surface area contributed by atoms with Crippen molar-refractivity contribution in [2.45, 2.75) is 44.8 Å². The van der Waals surface area contributed by atoms with Gasteiger partial charge < -0.3 is 15.7 Å². The van der Waals surface area contributed by atoms with E-state index in [9.17, 15) is 9.90 Å². The Morgan fingerprint density at radius 2 is 2.05 bits per heavy atom. The van der Waals surface area contributed by atoms with E-state index in [0.717, 1.165) is 24.1 Å². The number of hydrogen-bond donors (Lipinski definition) is 2. The molecule has 0 saturated heterocycles. The minimum absolute atomic E-state index is 0.217. The number of nitrogens with zero attached hydrogens (tertiary/aromatic N) is 1. The van der Waals surface area contributed by atoms with Gasteiger partial charge in [0, 0.05) is 17.3 Å². The molecule has 0 aromatic heterocycles. The number of rotatable bonds is 5. The molecule has 1 aliphatic carbocycles. The van der Waals surface area contributed by atoms with E-state index in [2.05, 4.69) is 4.90 Å². The van der Waals surface area contributed by atoms with Crippen LogP contribution in [-0.2, 0) is 4.79 Å². The summed E-state index contributed by atoms with van der Waals surface area (Å²) in [5, 5.41) is 9.89. The summed E-state index contributed by atoms with van der Waals surface area (Å²) in [5.74, 6) is -0.327. The van der Waals surface area contributed by atoms with E-state index in [1.54, 1.807) is 6.92 Å². The molecule has 1 atom stereocenters. The number of nitrogens with two attached hydrogens (primary N) is 1. The lowest BCUT2D eigenvalue weighted by Crippen LogP contribution is -2.40. The van der Waals surface area contributed by atoms with Crippen LogP contribution in [-0.4, -0.2) is 23.6 Å². The highest BCUT2D eigenvalue weighted by Gasteiger charge is 2.26. The van der Waals surface area contributed by atoms with Crippen molar-refractivity contribution in [3.05, 3.63) is 29.8 Å². The molecule has 0 bridgehead atoms. The lowest BCUT2D eigenvalue weighted by molar-refractivity contribution is -0.116. The number of amides is 1. The summed E-state index contributed by atoms with van der Waals surface area (Å²) in [6, 6.07) is 8.06. The molecule has 4 heteroatoms. The van der Waals surface area contributed by atoms with Gasteiger partial charge in [0.1, 0.15) is 0 Å². The molecule has 0 spiro atoms. The number of benzene rings is 1. The molecule has 1 fully saturated rings. The number of hydrogen-bond acceptors (Lipinski definition) is 3. The summed E-state index contributed by atoms with van der Waals surface area (Å²) >= 11 is 0. The predicted octanol–water partition coefficient (Wildman–Crippen LogP) is 1.97. The van der Waals surface area contributed by atoms with Crippen molar-refractivity contribution in [3.8, 4) is 0 Å². The van der Waals surface area contributed by atoms with Gasteiger partial charge in [0.05, 0.1) is 12.6 Å². The summed E-state index contributed by atoms with van der Waals surface area (Å²) < 4.78 is 0. The fourth-order valence-corrected chi connectivity index (χ4v) is 2.90. The summed E-state index contributed by atoms with van der Waals surface area (Å²) in [4.78, 5) is 13.4. The first-order valence-electron chi connectivity index (χ1n) is 6.91. The summed E-state index contributed by atoms with van der Waals surface area (Å²) in [6.45, 7) is 1.96. The largest absolute Gasteiger partial charge is 0.389 e. The fraction of sp³-hybridized carbons (Fsp3) is 0.533. The van der Waals surface area contributed by atoms with Gasteiger partial charge in [-0.3, -0.25) is 4.79 Å². The maximum Gasteiger partial charge on any atom is 0.236 e. The Morgan fingerprint density at radius 3 is 2.63 bits per heavy atom. The molecule has 1 saturated carbocycles. The molecule has 0 aliphatic heterocycles. The second-order valence-electron chi connectivity index (χ2n) is 5.27. The maximum absolute atomic E-state index is 11.3. The Labute approximate surface area is 114 Å². The van der Waals surface area contributed by atoms with Gasteiger partial charge in [-0.1, -0.05) is 31.0 Å². The maximum atomic E-state index is 11.3. The molecule has 1 amide bonds. The third-order valence-electron chi connectivity index (χ3n) is 3.79. The van der Waals surface area contributed by atoms with Gasteiger partial charge >= 0.3 is 0 Å². The zero-order chi connectivity index (χ0) is 13.8. The highest BCUT2D eigenvalue weighted by Crippen LogP contribution is 2.32. The van der Waals surface area contributed by atoms with Crippen LogP contribution in [0.4, 0.5) is 5.69 Å². The number of primary amides is 1. The lowest BCUT2D eigenvalue weighted by Gasteiger charge is -2.32. The zero-order valence-electron chi connectivity index (χ0n) is 11.4.